The number of nitrogens with two attached hydrogens (primary N) is 1. The van der Waals surface area contributed by atoms with Gasteiger partial charge in [-0.25, -0.2) is 0 Å². The van der Waals surface area contributed by atoms with Gasteiger partial charge >= 0.3 is 0 Å². The van der Waals surface area contributed by atoms with Crippen LogP contribution in [-0.4, -0.2) is 13.3 Å². The van der Waals surface area contributed by atoms with E-state index in [2.05, 4.69) is 5.10 Å². The van der Waals surface area contributed by atoms with Crippen LogP contribution < -0.4 is 15.3 Å². The largest absolute Gasteiger partial charge is 0.493 e. The van der Waals surface area contributed by atoms with Crippen LogP contribution in [-0.2, 0) is 6.61 Å². The molecule has 0 unspecified atom stereocenters. The molecule has 0 amide bonds. The van der Waals surface area contributed by atoms with Gasteiger partial charge < -0.3 is 15.3 Å². The van der Waals surface area contributed by atoms with Crippen LogP contribution >= 0.6 is 0 Å². The minimum absolute atomic E-state index is 0.502. The Balaban J connectivity index is 2.11. The summed E-state index contributed by atoms with van der Waals surface area (Å²) in [6, 6.07) is 15.5. The first-order valence-corrected chi connectivity index (χ1v) is 5.91. The highest BCUT2D eigenvalue weighted by atomic mass is 16.5. The quantitative estimate of drug-likeness (QED) is 0.508. The Morgan fingerprint density at radius 3 is 2.58 bits per heavy atom. The smallest absolute Gasteiger partial charge is 0.161 e. The first-order valence-electron chi connectivity index (χ1n) is 5.91. The summed E-state index contributed by atoms with van der Waals surface area (Å²) in [4.78, 5) is 0. The molecule has 2 N–H and O–H groups in total. The molecule has 19 heavy (non-hydrogen) atoms. The third-order valence-electron chi connectivity index (χ3n) is 2.65. The predicted molar refractivity (Wildman–Crippen MR) is 75.5 cm³/mol. The SMILES string of the molecule is COc1cc(C=NN)ccc1OCc1ccccc1. The lowest BCUT2D eigenvalue weighted by Gasteiger charge is -2.11. The highest BCUT2D eigenvalue weighted by Gasteiger charge is 2.05. The Kier molecular flexibility index (Phi) is 4.39. The standard InChI is InChI=1S/C15H16N2O2/c1-18-15-9-13(10-17-16)7-8-14(15)19-11-12-5-3-2-4-6-12/h2-10H,11,16H2,1H3. The Hall–Kier alpha value is -2.49. The van der Waals surface area contributed by atoms with Gasteiger partial charge in [-0.2, -0.15) is 5.10 Å². The number of hydrazone groups is 1. The fraction of sp³-hybridized carbons (Fsp3) is 0.133. The third kappa shape index (κ3) is 3.48. The molecule has 0 atom stereocenters. The summed E-state index contributed by atoms with van der Waals surface area (Å²) < 4.78 is 11.0. The van der Waals surface area contributed by atoms with Crippen LogP contribution in [0.25, 0.3) is 0 Å². The molecule has 0 spiro atoms. The van der Waals surface area contributed by atoms with E-state index >= 15 is 0 Å². The van der Waals surface area contributed by atoms with Crippen LogP contribution in [0.5, 0.6) is 11.5 Å². The van der Waals surface area contributed by atoms with Crippen LogP contribution in [0.2, 0.25) is 0 Å². The van der Waals surface area contributed by atoms with E-state index in [1.807, 2.05) is 48.5 Å². The molecule has 0 heterocycles. The summed E-state index contributed by atoms with van der Waals surface area (Å²) in [6.07, 6.45) is 1.56. The summed E-state index contributed by atoms with van der Waals surface area (Å²) in [5.41, 5.74) is 1.98. The van der Waals surface area contributed by atoms with Gasteiger partial charge in [0.1, 0.15) is 6.61 Å². The molecule has 4 nitrogen and oxygen atoms in total. The molecule has 0 aliphatic rings. The van der Waals surface area contributed by atoms with Crippen LogP contribution in [0.1, 0.15) is 11.1 Å². The van der Waals surface area contributed by atoms with Gasteiger partial charge in [0, 0.05) is 0 Å². The summed E-state index contributed by atoms with van der Waals surface area (Å²) >= 11 is 0. The van der Waals surface area contributed by atoms with Crippen molar-refractivity contribution in [2.75, 3.05) is 7.11 Å². The van der Waals surface area contributed by atoms with Crippen LogP contribution in [0.15, 0.2) is 53.6 Å². The Morgan fingerprint density at radius 1 is 1.11 bits per heavy atom. The van der Waals surface area contributed by atoms with E-state index in [1.54, 1.807) is 13.3 Å². The lowest BCUT2D eigenvalue weighted by Crippen LogP contribution is -1.98. The molecule has 2 rings (SSSR count). The molecule has 0 aromatic heterocycles. The molecule has 0 fully saturated rings. The average Bonchev–Trinajstić information content (AvgIpc) is 2.47. The molecule has 2 aromatic carbocycles. The van der Waals surface area contributed by atoms with Crippen molar-refractivity contribution in [3.8, 4) is 11.5 Å². The zero-order chi connectivity index (χ0) is 13.5. The number of methoxy groups -OCH3 is 1. The first-order chi connectivity index (χ1) is 9.33. The van der Waals surface area contributed by atoms with E-state index in [4.69, 9.17) is 15.3 Å². The molecule has 98 valence electrons. The van der Waals surface area contributed by atoms with Crippen molar-refractivity contribution < 1.29 is 9.47 Å². The fourth-order valence-electron chi connectivity index (χ4n) is 1.71. The van der Waals surface area contributed by atoms with Gasteiger partial charge in [0.05, 0.1) is 13.3 Å². The molecule has 0 aliphatic heterocycles. The second kappa shape index (κ2) is 6.44. The van der Waals surface area contributed by atoms with Crippen molar-refractivity contribution in [2.24, 2.45) is 10.9 Å². The minimum Gasteiger partial charge on any atom is -0.493 e. The van der Waals surface area contributed by atoms with E-state index in [0.717, 1.165) is 11.1 Å². The number of rotatable bonds is 5. The molecule has 2 aromatic rings. The lowest BCUT2D eigenvalue weighted by molar-refractivity contribution is 0.284. The summed E-state index contributed by atoms with van der Waals surface area (Å²) in [5.74, 6) is 6.48. The highest BCUT2D eigenvalue weighted by Crippen LogP contribution is 2.28. The Labute approximate surface area is 112 Å². The van der Waals surface area contributed by atoms with Crippen molar-refractivity contribution >= 4 is 6.21 Å². The van der Waals surface area contributed by atoms with E-state index in [0.29, 0.717) is 18.1 Å². The number of hydrogen-bond donors (Lipinski definition) is 1. The van der Waals surface area contributed by atoms with E-state index in [1.165, 1.54) is 0 Å². The van der Waals surface area contributed by atoms with Crippen LogP contribution in [0.3, 0.4) is 0 Å². The zero-order valence-electron chi connectivity index (χ0n) is 10.7. The van der Waals surface area contributed by atoms with Crippen molar-refractivity contribution in [3.05, 3.63) is 59.7 Å². The van der Waals surface area contributed by atoms with Gasteiger partial charge in [-0.1, -0.05) is 30.3 Å². The molecule has 0 saturated heterocycles. The monoisotopic (exact) mass is 256 g/mol. The summed E-state index contributed by atoms with van der Waals surface area (Å²) in [6.45, 7) is 0.502. The van der Waals surface area contributed by atoms with Crippen LogP contribution in [0.4, 0.5) is 0 Å². The molecular weight excluding hydrogens is 240 g/mol. The maximum Gasteiger partial charge on any atom is 0.161 e. The number of nitrogens with zero attached hydrogens (tertiary/aromatic N) is 1. The normalized spacial score (nSPS) is 10.6. The van der Waals surface area contributed by atoms with Gasteiger partial charge in [0.2, 0.25) is 0 Å². The number of hydrogen-bond acceptors (Lipinski definition) is 4. The second-order valence-electron chi connectivity index (χ2n) is 3.96. The fourth-order valence-corrected chi connectivity index (χ4v) is 1.71. The van der Waals surface area contributed by atoms with Gasteiger partial charge in [0.15, 0.2) is 11.5 Å². The van der Waals surface area contributed by atoms with E-state index in [-0.39, 0.29) is 0 Å². The molecular formula is C15H16N2O2. The molecule has 0 bridgehead atoms. The second-order valence-corrected chi connectivity index (χ2v) is 3.96. The minimum atomic E-state index is 0.502. The van der Waals surface area contributed by atoms with E-state index < -0.39 is 0 Å². The molecule has 0 radical (unpaired) electrons. The third-order valence-corrected chi connectivity index (χ3v) is 2.65. The summed E-state index contributed by atoms with van der Waals surface area (Å²) in [7, 11) is 1.61. The Bertz CT molecular complexity index is 553. The van der Waals surface area contributed by atoms with Gasteiger partial charge in [-0.15, -0.1) is 0 Å². The molecule has 4 heteroatoms. The van der Waals surface area contributed by atoms with Crippen molar-refractivity contribution in [1.82, 2.24) is 0 Å². The maximum atomic E-state index is 5.75. The van der Waals surface area contributed by atoms with Crippen molar-refractivity contribution in [1.29, 1.82) is 0 Å². The molecule has 0 aliphatic carbocycles. The maximum absolute atomic E-state index is 5.75. The van der Waals surface area contributed by atoms with Gasteiger partial charge in [0.25, 0.3) is 0 Å². The highest BCUT2D eigenvalue weighted by molar-refractivity contribution is 5.80. The Morgan fingerprint density at radius 2 is 1.89 bits per heavy atom. The summed E-state index contributed by atoms with van der Waals surface area (Å²) in [5, 5.41) is 3.48. The van der Waals surface area contributed by atoms with E-state index in [9.17, 15) is 0 Å². The molecule has 0 saturated carbocycles. The lowest BCUT2D eigenvalue weighted by atomic mass is 10.2. The topological polar surface area (TPSA) is 56.8 Å². The number of ether oxygens (including phenoxy) is 2. The zero-order valence-corrected chi connectivity index (χ0v) is 10.7. The van der Waals surface area contributed by atoms with Crippen molar-refractivity contribution in [2.45, 2.75) is 6.61 Å². The van der Waals surface area contributed by atoms with Gasteiger partial charge in [-0.3, -0.25) is 0 Å². The van der Waals surface area contributed by atoms with Gasteiger partial charge in [-0.05, 0) is 29.3 Å². The average molecular weight is 256 g/mol. The van der Waals surface area contributed by atoms with Crippen molar-refractivity contribution in [3.63, 3.8) is 0 Å². The first kappa shape index (κ1) is 13.0. The van der Waals surface area contributed by atoms with Crippen LogP contribution in [0, 0.1) is 0 Å². The number of benzene rings is 2. The predicted octanol–water partition coefficient (Wildman–Crippen LogP) is 2.57.